The molecule has 1 aromatic heterocycles. The fraction of sp³-hybridized carbons (Fsp3) is 0.750. The molecule has 0 bridgehead atoms. The van der Waals surface area contributed by atoms with Crippen molar-refractivity contribution in [2.45, 2.75) is 52.5 Å². The van der Waals surface area contributed by atoms with E-state index < -0.39 is 0 Å². The van der Waals surface area contributed by atoms with Crippen LogP contribution in [0.5, 0.6) is 5.75 Å². The molecule has 0 unspecified atom stereocenters. The largest absolute Gasteiger partial charge is 0.493 e. The van der Waals surface area contributed by atoms with E-state index in [-0.39, 0.29) is 17.2 Å². The molecule has 1 aliphatic rings. The highest BCUT2D eigenvalue weighted by Crippen LogP contribution is 2.40. The van der Waals surface area contributed by atoms with Crippen LogP contribution in [-0.2, 0) is 0 Å². The van der Waals surface area contributed by atoms with Gasteiger partial charge in [-0.1, -0.05) is 13.3 Å². The van der Waals surface area contributed by atoms with Crippen molar-refractivity contribution in [3.8, 4) is 5.75 Å². The van der Waals surface area contributed by atoms with E-state index in [0.29, 0.717) is 11.4 Å². The summed E-state index contributed by atoms with van der Waals surface area (Å²) in [5.41, 5.74) is 0.378. The Morgan fingerprint density at radius 3 is 2.67 bits per heavy atom. The molecule has 0 spiro atoms. The minimum atomic E-state index is -0.264. The van der Waals surface area contributed by atoms with E-state index >= 15 is 0 Å². The molecule has 0 radical (unpaired) electrons. The number of carbonyl (C=O) groups excluding carboxylic acids is 1. The molecule has 1 fully saturated rings. The first-order valence-corrected chi connectivity index (χ1v) is 7.92. The van der Waals surface area contributed by atoms with Gasteiger partial charge < -0.3 is 10.1 Å². The number of nitrogens with zero attached hydrogens (tertiary/aromatic N) is 2. The molecule has 118 valence electrons. The quantitative estimate of drug-likeness (QED) is 0.819. The van der Waals surface area contributed by atoms with Crippen LogP contribution in [0.2, 0.25) is 0 Å². The lowest BCUT2D eigenvalue weighted by molar-refractivity contribution is 0.0686. The maximum Gasteiger partial charge on any atom is 0.190 e. The van der Waals surface area contributed by atoms with E-state index in [4.69, 9.17) is 4.74 Å². The topological polar surface area (TPSA) is 56.1 Å². The number of piperidine rings is 1. The summed E-state index contributed by atoms with van der Waals surface area (Å²) in [6, 6.07) is 0.147. The van der Waals surface area contributed by atoms with Crippen molar-refractivity contribution in [3.63, 3.8) is 0 Å². The van der Waals surface area contributed by atoms with Gasteiger partial charge in [0, 0.05) is 11.5 Å². The molecule has 0 saturated carbocycles. The average molecular weight is 293 g/mol. The molecule has 0 aromatic carbocycles. The van der Waals surface area contributed by atoms with E-state index in [1.54, 1.807) is 18.0 Å². The van der Waals surface area contributed by atoms with Gasteiger partial charge in [0.05, 0.1) is 13.3 Å². The number of hydrogen-bond acceptors (Lipinski definition) is 4. The molecule has 0 atom stereocenters. The Morgan fingerprint density at radius 2 is 2.14 bits per heavy atom. The second kappa shape index (κ2) is 6.60. The third-order valence-electron chi connectivity index (χ3n) is 4.46. The van der Waals surface area contributed by atoms with Gasteiger partial charge in [0.1, 0.15) is 5.69 Å². The Kier molecular flexibility index (Phi) is 5.04. The highest BCUT2D eigenvalue weighted by Gasteiger charge is 2.42. The summed E-state index contributed by atoms with van der Waals surface area (Å²) in [5.74, 6) is 0.802. The lowest BCUT2D eigenvalue weighted by Crippen LogP contribution is -2.43. The van der Waals surface area contributed by atoms with Gasteiger partial charge in [0.25, 0.3) is 0 Å². The van der Waals surface area contributed by atoms with Crippen molar-refractivity contribution in [2.75, 3.05) is 20.2 Å². The third-order valence-corrected chi connectivity index (χ3v) is 4.46. The number of carbonyl (C=O) groups is 1. The summed E-state index contributed by atoms with van der Waals surface area (Å²) in [6.45, 7) is 8.04. The number of Topliss-reactive ketones (excluding diaryl/α,β-unsaturated/α-hetero) is 1. The van der Waals surface area contributed by atoms with Crippen LogP contribution >= 0.6 is 0 Å². The standard InChI is InChI=1S/C16H27N3O2/c1-5-6-16(7-9-17-10-8-16)15(20)14-13(21-4)11-18-19(14)12(2)3/h11-12,17H,5-10H2,1-4H3. The molecule has 2 heterocycles. The summed E-state index contributed by atoms with van der Waals surface area (Å²) >= 11 is 0. The Bertz CT molecular complexity index is 482. The summed E-state index contributed by atoms with van der Waals surface area (Å²) in [4.78, 5) is 13.3. The number of ketones is 1. The van der Waals surface area contributed by atoms with E-state index in [0.717, 1.165) is 38.8 Å². The van der Waals surface area contributed by atoms with Crippen LogP contribution in [0, 0.1) is 5.41 Å². The lowest BCUT2D eigenvalue weighted by Gasteiger charge is -2.36. The Hall–Kier alpha value is -1.36. The zero-order chi connectivity index (χ0) is 15.5. The number of nitrogens with one attached hydrogen (secondary N) is 1. The van der Waals surface area contributed by atoms with Crippen LogP contribution in [0.1, 0.15) is 63.0 Å². The normalized spacial score (nSPS) is 18.0. The molecule has 0 amide bonds. The number of aromatic nitrogens is 2. The first-order valence-electron chi connectivity index (χ1n) is 7.92. The van der Waals surface area contributed by atoms with Crippen molar-refractivity contribution in [3.05, 3.63) is 11.9 Å². The van der Waals surface area contributed by atoms with Crippen LogP contribution in [0.3, 0.4) is 0 Å². The van der Waals surface area contributed by atoms with Crippen molar-refractivity contribution in [1.82, 2.24) is 15.1 Å². The Balaban J connectivity index is 2.43. The van der Waals surface area contributed by atoms with Crippen molar-refractivity contribution < 1.29 is 9.53 Å². The summed E-state index contributed by atoms with van der Waals surface area (Å²) in [7, 11) is 1.60. The molecule has 1 aliphatic heterocycles. The minimum Gasteiger partial charge on any atom is -0.493 e. The van der Waals surface area contributed by atoms with E-state index in [2.05, 4.69) is 17.3 Å². The maximum atomic E-state index is 13.3. The van der Waals surface area contributed by atoms with Gasteiger partial charge in [-0.25, -0.2) is 0 Å². The fourth-order valence-electron chi connectivity index (χ4n) is 3.33. The van der Waals surface area contributed by atoms with Gasteiger partial charge in [-0.15, -0.1) is 0 Å². The van der Waals surface area contributed by atoms with Gasteiger partial charge in [0.2, 0.25) is 0 Å². The molecule has 21 heavy (non-hydrogen) atoms. The smallest absolute Gasteiger partial charge is 0.190 e. The highest BCUT2D eigenvalue weighted by molar-refractivity contribution is 6.01. The van der Waals surface area contributed by atoms with E-state index in [1.807, 2.05) is 13.8 Å². The van der Waals surface area contributed by atoms with Crippen LogP contribution < -0.4 is 10.1 Å². The number of rotatable bonds is 6. The van der Waals surface area contributed by atoms with Crippen molar-refractivity contribution >= 4 is 5.78 Å². The van der Waals surface area contributed by atoms with Gasteiger partial charge in [0.15, 0.2) is 11.5 Å². The second-order valence-electron chi connectivity index (χ2n) is 6.21. The predicted octanol–water partition coefficient (Wildman–Crippen LogP) is 2.83. The van der Waals surface area contributed by atoms with Crippen LogP contribution in [0.25, 0.3) is 0 Å². The fourth-order valence-corrected chi connectivity index (χ4v) is 3.33. The van der Waals surface area contributed by atoms with Crippen LogP contribution in [0.15, 0.2) is 6.20 Å². The lowest BCUT2D eigenvalue weighted by atomic mass is 9.71. The monoisotopic (exact) mass is 293 g/mol. The molecule has 1 N–H and O–H groups in total. The van der Waals surface area contributed by atoms with Gasteiger partial charge in [-0.3, -0.25) is 9.48 Å². The van der Waals surface area contributed by atoms with Gasteiger partial charge >= 0.3 is 0 Å². The number of ether oxygens (including phenoxy) is 1. The van der Waals surface area contributed by atoms with Crippen LogP contribution in [0.4, 0.5) is 0 Å². The van der Waals surface area contributed by atoms with Gasteiger partial charge in [-0.2, -0.15) is 5.10 Å². The average Bonchev–Trinajstić information content (AvgIpc) is 2.91. The summed E-state index contributed by atoms with van der Waals surface area (Å²) in [5, 5.41) is 7.71. The first kappa shape index (κ1) is 16.0. The number of hydrogen-bond donors (Lipinski definition) is 1. The van der Waals surface area contributed by atoms with Crippen LogP contribution in [-0.4, -0.2) is 35.8 Å². The number of methoxy groups -OCH3 is 1. The van der Waals surface area contributed by atoms with Crippen molar-refractivity contribution in [1.29, 1.82) is 0 Å². The zero-order valence-corrected chi connectivity index (χ0v) is 13.6. The molecular formula is C16H27N3O2. The van der Waals surface area contributed by atoms with Gasteiger partial charge in [-0.05, 0) is 46.2 Å². The molecule has 5 nitrogen and oxygen atoms in total. The van der Waals surface area contributed by atoms with E-state index in [1.165, 1.54) is 0 Å². The Labute approximate surface area is 127 Å². The molecule has 2 rings (SSSR count). The first-order chi connectivity index (χ1) is 10.1. The summed E-state index contributed by atoms with van der Waals surface area (Å²) < 4.78 is 7.20. The SMILES string of the molecule is CCCC1(C(=O)c2c(OC)cnn2C(C)C)CCNCC1. The molecular weight excluding hydrogens is 266 g/mol. The molecule has 1 aromatic rings. The van der Waals surface area contributed by atoms with E-state index in [9.17, 15) is 4.79 Å². The van der Waals surface area contributed by atoms with Crippen molar-refractivity contribution in [2.24, 2.45) is 5.41 Å². The second-order valence-corrected chi connectivity index (χ2v) is 6.21. The zero-order valence-electron chi connectivity index (χ0n) is 13.6. The molecule has 5 heteroatoms. The molecule has 1 saturated heterocycles. The Morgan fingerprint density at radius 1 is 1.48 bits per heavy atom. The predicted molar refractivity (Wildman–Crippen MR) is 82.9 cm³/mol. The third kappa shape index (κ3) is 2.98. The minimum absolute atomic E-state index is 0.147. The summed E-state index contributed by atoms with van der Waals surface area (Å²) in [6.07, 6.45) is 5.40. The maximum absolute atomic E-state index is 13.3. The highest BCUT2D eigenvalue weighted by atomic mass is 16.5. The molecule has 0 aliphatic carbocycles.